The summed E-state index contributed by atoms with van der Waals surface area (Å²) in [6.07, 6.45) is 10.7. The quantitative estimate of drug-likeness (QED) is 0.818. The molecule has 2 saturated carbocycles. The molecule has 4 atom stereocenters. The third-order valence-corrected chi connectivity index (χ3v) is 6.15. The normalized spacial score (nSPS) is 35.6. The van der Waals surface area contributed by atoms with Crippen LogP contribution in [-0.4, -0.2) is 47.3 Å². The third kappa shape index (κ3) is 4.20. The molecule has 0 amide bonds. The van der Waals surface area contributed by atoms with Crippen molar-refractivity contribution < 1.29 is 5.11 Å². The van der Waals surface area contributed by atoms with Gasteiger partial charge in [-0.25, -0.2) is 0 Å². The first-order valence-corrected chi connectivity index (χ1v) is 9.31. The molecule has 0 radical (unpaired) electrons. The Kier molecular flexibility index (Phi) is 5.23. The summed E-state index contributed by atoms with van der Waals surface area (Å²) in [4.78, 5) is 2.67. The second-order valence-electron chi connectivity index (χ2n) is 7.97. The van der Waals surface area contributed by atoms with Gasteiger partial charge in [0.1, 0.15) is 0 Å². The Balaban J connectivity index is 1.58. The fourth-order valence-corrected chi connectivity index (χ4v) is 4.46. The molecule has 2 N–H and O–H groups in total. The monoisotopic (exact) mass is 294 g/mol. The molecule has 1 saturated heterocycles. The van der Waals surface area contributed by atoms with Gasteiger partial charge in [-0.2, -0.15) is 0 Å². The highest BCUT2D eigenvalue weighted by atomic mass is 16.3. The highest BCUT2D eigenvalue weighted by Crippen LogP contribution is 2.37. The van der Waals surface area contributed by atoms with Crippen LogP contribution in [-0.2, 0) is 0 Å². The molecule has 1 aliphatic heterocycles. The molecule has 0 bridgehead atoms. The van der Waals surface area contributed by atoms with Crippen molar-refractivity contribution in [3.05, 3.63) is 0 Å². The zero-order chi connectivity index (χ0) is 14.8. The second kappa shape index (κ2) is 6.97. The summed E-state index contributed by atoms with van der Waals surface area (Å²) in [5.74, 6) is 1.37. The van der Waals surface area contributed by atoms with E-state index in [-0.39, 0.29) is 6.10 Å². The van der Waals surface area contributed by atoms with E-state index in [0.717, 1.165) is 24.9 Å². The van der Waals surface area contributed by atoms with Crippen LogP contribution in [0.1, 0.15) is 65.2 Å². The van der Waals surface area contributed by atoms with Crippen molar-refractivity contribution in [3.63, 3.8) is 0 Å². The molecule has 3 rings (SSSR count). The predicted octanol–water partition coefficient (Wildman–Crippen LogP) is 2.78. The van der Waals surface area contributed by atoms with Crippen molar-refractivity contribution in [2.24, 2.45) is 11.8 Å². The molecule has 0 aromatic heterocycles. The lowest BCUT2D eigenvalue weighted by Crippen LogP contribution is -2.56. The van der Waals surface area contributed by atoms with Crippen LogP contribution in [0.25, 0.3) is 0 Å². The molecule has 0 spiro atoms. The SMILES string of the molecule is CC(O)C1CC(NC2CCCCC2)CN(C(C)C2CC2)C1. The molecule has 0 aromatic carbocycles. The van der Waals surface area contributed by atoms with Crippen molar-refractivity contribution in [2.75, 3.05) is 13.1 Å². The number of aliphatic hydroxyl groups is 1. The smallest absolute Gasteiger partial charge is 0.0553 e. The van der Waals surface area contributed by atoms with E-state index >= 15 is 0 Å². The minimum Gasteiger partial charge on any atom is -0.393 e. The van der Waals surface area contributed by atoms with E-state index in [4.69, 9.17) is 0 Å². The van der Waals surface area contributed by atoms with Crippen LogP contribution in [0.5, 0.6) is 0 Å². The summed E-state index contributed by atoms with van der Waals surface area (Å²) in [7, 11) is 0. The Bertz CT molecular complexity index is 323. The number of hydrogen-bond acceptors (Lipinski definition) is 3. The number of rotatable bonds is 5. The van der Waals surface area contributed by atoms with E-state index in [1.165, 1.54) is 51.5 Å². The largest absolute Gasteiger partial charge is 0.393 e. The highest BCUT2D eigenvalue weighted by molar-refractivity contribution is 4.93. The fourth-order valence-electron chi connectivity index (χ4n) is 4.46. The minimum atomic E-state index is -0.171. The van der Waals surface area contributed by atoms with Crippen molar-refractivity contribution in [2.45, 2.75) is 89.4 Å². The van der Waals surface area contributed by atoms with E-state index in [1.54, 1.807) is 0 Å². The fraction of sp³-hybridized carbons (Fsp3) is 1.00. The van der Waals surface area contributed by atoms with Crippen LogP contribution in [0.3, 0.4) is 0 Å². The van der Waals surface area contributed by atoms with Gasteiger partial charge in [0.2, 0.25) is 0 Å². The van der Waals surface area contributed by atoms with Crippen molar-refractivity contribution in [1.29, 1.82) is 0 Å². The van der Waals surface area contributed by atoms with Gasteiger partial charge >= 0.3 is 0 Å². The first-order valence-electron chi connectivity index (χ1n) is 9.31. The Morgan fingerprint density at radius 1 is 0.905 bits per heavy atom. The maximum absolute atomic E-state index is 10.1. The summed E-state index contributed by atoms with van der Waals surface area (Å²) in [5, 5.41) is 14.0. The average molecular weight is 294 g/mol. The molecule has 3 aliphatic rings. The van der Waals surface area contributed by atoms with Gasteiger partial charge in [-0.3, -0.25) is 4.90 Å². The van der Waals surface area contributed by atoms with Crippen molar-refractivity contribution in [3.8, 4) is 0 Å². The van der Waals surface area contributed by atoms with Gasteiger partial charge in [-0.05, 0) is 57.8 Å². The molecule has 2 aliphatic carbocycles. The number of likely N-dealkylation sites (tertiary alicyclic amines) is 1. The van der Waals surface area contributed by atoms with Gasteiger partial charge in [0.15, 0.2) is 0 Å². The van der Waals surface area contributed by atoms with Crippen molar-refractivity contribution in [1.82, 2.24) is 10.2 Å². The van der Waals surface area contributed by atoms with Gasteiger partial charge in [-0.15, -0.1) is 0 Å². The lowest BCUT2D eigenvalue weighted by atomic mass is 9.87. The average Bonchev–Trinajstić information content (AvgIpc) is 3.32. The minimum absolute atomic E-state index is 0.171. The lowest BCUT2D eigenvalue weighted by Gasteiger charge is -2.43. The van der Waals surface area contributed by atoms with Gasteiger partial charge in [0.05, 0.1) is 6.10 Å². The van der Waals surface area contributed by atoms with Crippen LogP contribution >= 0.6 is 0 Å². The standard InChI is InChI=1S/C18H34N2O/c1-13(15-8-9-15)20-11-16(14(2)21)10-18(12-20)19-17-6-4-3-5-7-17/h13-19,21H,3-12H2,1-2H3. The molecular formula is C18H34N2O. The van der Waals surface area contributed by atoms with Crippen LogP contribution in [0.2, 0.25) is 0 Å². The first-order chi connectivity index (χ1) is 10.1. The zero-order valence-electron chi connectivity index (χ0n) is 13.9. The van der Waals surface area contributed by atoms with Gasteiger partial charge in [0, 0.05) is 31.2 Å². The summed E-state index contributed by atoms with van der Waals surface area (Å²) >= 11 is 0. The molecule has 21 heavy (non-hydrogen) atoms. The van der Waals surface area contributed by atoms with Gasteiger partial charge < -0.3 is 10.4 Å². The molecule has 0 aromatic rings. The van der Waals surface area contributed by atoms with E-state index in [1.807, 2.05) is 6.92 Å². The summed E-state index contributed by atoms with van der Waals surface area (Å²) < 4.78 is 0. The number of hydrogen-bond donors (Lipinski definition) is 2. The number of nitrogens with zero attached hydrogens (tertiary/aromatic N) is 1. The molecule has 122 valence electrons. The predicted molar refractivity (Wildman–Crippen MR) is 87.3 cm³/mol. The molecule has 3 heteroatoms. The Hall–Kier alpha value is -0.120. The Morgan fingerprint density at radius 2 is 1.62 bits per heavy atom. The van der Waals surface area contributed by atoms with E-state index < -0.39 is 0 Å². The molecule has 3 fully saturated rings. The third-order valence-electron chi connectivity index (χ3n) is 6.15. The molecule has 4 unspecified atom stereocenters. The number of nitrogens with one attached hydrogen (secondary N) is 1. The Labute approximate surface area is 130 Å². The molecule has 3 nitrogen and oxygen atoms in total. The van der Waals surface area contributed by atoms with Gasteiger partial charge in [-0.1, -0.05) is 19.3 Å². The van der Waals surface area contributed by atoms with Crippen molar-refractivity contribution >= 4 is 0 Å². The van der Waals surface area contributed by atoms with E-state index in [0.29, 0.717) is 18.0 Å². The summed E-state index contributed by atoms with van der Waals surface area (Å²) in [5.41, 5.74) is 0. The summed E-state index contributed by atoms with van der Waals surface area (Å²) in [6.45, 7) is 6.67. The lowest BCUT2D eigenvalue weighted by molar-refractivity contribution is 0.0249. The Morgan fingerprint density at radius 3 is 2.24 bits per heavy atom. The maximum Gasteiger partial charge on any atom is 0.0553 e. The number of piperidine rings is 1. The number of aliphatic hydroxyl groups excluding tert-OH is 1. The van der Waals surface area contributed by atoms with Crippen LogP contribution in [0.15, 0.2) is 0 Å². The molecular weight excluding hydrogens is 260 g/mol. The van der Waals surface area contributed by atoms with E-state index in [2.05, 4.69) is 17.1 Å². The summed E-state index contributed by atoms with van der Waals surface area (Å²) in [6, 6.07) is 2.03. The van der Waals surface area contributed by atoms with E-state index in [9.17, 15) is 5.11 Å². The maximum atomic E-state index is 10.1. The second-order valence-corrected chi connectivity index (χ2v) is 7.97. The van der Waals surface area contributed by atoms with Crippen LogP contribution in [0.4, 0.5) is 0 Å². The first kappa shape index (κ1) is 15.8. The van der Waals surface area contributed by atoms with Gasteiger partial charge in [0.25, 0.3) is 0 Å². The molecule has 1 heterocycles. The zero-order valence-corrected chi connectivity index (χ0v) is 13.9. The van der Waals surface area contributed by atoms with Crippen LogP contribution < -0.4 is 5.32 Å². The highest BCUT2D eigenvalue weighted by Gasteiger charge is 2.38. The topological polar surface area (TPSA) is 35.5 Å². The van der Waals surface area contributed by atoms with Crippen LogP contribution in [0, 0.1) is 11.8 Å².